The zero-order chi connectivity index (χ0) is 9.56. The van der Waals surface area contributed by atoms with E-state index in [2.05, 4.69) is 6.92 Å². The van der Waals surface area contributed by atoms with Crippen LogP contribution in [0.5, 0.6) is 0 Å². The standard InChI is InChI=1S/C3N2O2S.C3H6O/c4-1-3(2-5)8(6)7;1-3-2-4-3/h;3H,2H2,1H3. The molecule has 1 aliphatic rings. The summed E-state index contributed by atoms with van der Waals surface area (Å²) in [4.78, 5) is -0.787. The topological polar surface area (TPSA) is 94.2 Å². The second kappa shape index (κ2) is 5.30. The van der Waals surface area contributed by atoms with Gasteiger partial charge in [0.1, 0.15) is 12.1 Å². The van der Waals surface area contributed by atoms with Crippen LogP contribution in [0, 0.1) is 22.7 Å². The van der Waals surface area contributed by atoms with Crippen LogP contribution in [-0.4, -0.2) is 26.0 Å². The molecule has 0 aromatic rings. The Hall–Kier alpha value is -1.37. The number of epoxide rings is 1. The molecule has 0 radical (unpaired) electrons. The van der Waals surface area contributed by atoms with Crippen molar-refractivity contribution in [1.29, 1.82) is 10.5 Å². The van der Waals surface area contributed by atoms with Gasteiger partial charge in [0.25, 0.3) is 0 Å². The van der Waals surface area contributed by atoms with Crippen LogP contribution < -0.4 is 0 Å². The first-order valence-corrected chi connectivity index (χ1v) is 4.07. The molecule has 0 aromatic carbocycles. The van der Waals surface area contributed by atoms with Crippen LogP contribution in [-0.2, 0) is 15.0 Å². The van der Waals surface area contributed by atoms with Gasteiger partial charge in [0.15, 0.2) is 0 Å². The third-order valence-electron chi connectivity index (χ3n) is 0.870. The molecule has 0 spiro atoms. The molecule has 0 N–H and O–H groups in total. The zero-order valence-electron chi connectivity index (χ0n) is 6.31. The van der Waals surface area contributed by atoms with Gasteiger partial charge >= 0.3 is 0 Å². The highest BCUT2D eigenvalue weighted by Crippen LogP contribution is 2.04. The fourth-order valence-corrected chi connectivity index (χ4v) is 0.345. The summed E-state index contributed by atoms with van der Waals surface area (Å²) in [7, 11) is -2.66. The predicted octanol–water partition coefficient (Wildman–Crippen LogP) is -0.510. The lowest BCUT2D eigenvalue weighted by atomic mass is 10.5. The molecule has 0 amide bonds. The van der Waals surface area contributed by atoms with Gasteiger partial charge < -0.3 is 4.74 Å². The minimum atomic E-state index is -2.66. The highest BCUT2D eigenvalue weighted by atomic mass is 32.2. The number of hydrogen-bond acceptors (Lipinski definition) is 5. The van der Waals surface area contributed by atoms with E-state index in [4.69, 9.17) is 15.3 Å². The van der Waals surface area contributed by atoms with Crippen molar-refractivity contribution in [1.82, 2.24) is 0 Å². The van der Waals surface area contributed by atoms with Crippen molar-refractivity contribution in [2.45, 2.75) is 13.0 Å². The number of ether oxygens (including phenoxy) is 1. The molecule has 6 heteroatoms. The molecule has 64 valence electrons. The molecule has 1 heterocycles. The Kier molecular flexibility index (Phi) is 4.70. The van der Waals surface area contributed by atoms with Crippen LogP contribution in [0.3, 0.4) is 0 Å². The van der Waals surface area contributed by atoms with E-state index in [0.29, 0.717) is 6.10 Å². The predicted molar refractivity (Wildman–Crippen MR) is 40.6 cm³/mol. The molecule has 0 bridgehead atoms. The Morgan fingerprint density at radius 2 is 1.83 bits per heavy atom. The molecule has 1 fully saturated rings. The SMILES string of the molecule is CC1CO1.N#CC(C#N)=S(=O)=O. The summed E-state index contributed by atoms with van der Waals surface area (Å²) in [5.41, 5.74) is 0. The van der Waals surface area contributed by atoms with Crippen molar-refractivity contribution in [2.75, 3.05) is 6.61 Å². The molecule has 1 rings (SSSR count). The minimum absolute atomic E-state index is 0.583. The van der Waals surface area contributed by atoms with Gasteiger partial charge in [0, 0.05) is 0 Å². The third kappa shape index (κ3) is 5.42. The molecular formula is C6H6N2O3S. The average Bonchev–Trinajstić information content (AvgIpc) is 2.75. The van der Waals surface area contributed by atoms with E-state index < -0.39 is 15.2 Å². The van der Waals surface area contributed by atoms with Crippen molar-refractivity contribution >= 4 is 15.2 Å². The quantitative estimate of drug-likeness (QED) is 0.375. The van der Waals surface area contributed by atoms with Gasteiger partial charge in [-0.25, -0.2) is 0 Å². The average molecular weight is 186 g/mol. The van der Waals surface area contributed by atoms with E-state index in [1.54, 1.807) is 0 Å². The lowest BCUT2D eigenvalue weighted by molar-refractivity contribution is 0.423. The monoisotopic (exact) mass is 186 g/mol. The largest absolute Gasteiger partial charge is 0.373 e. The van der Waals surface area contributed by atoms with Gasteiger partial charge in [-0.2, -0.15) is 18.9 Å². The minimum Gasteiger partial charge on any atom is -0.373 e. The van der Waals surface area contributed by atoms with E-state index in [1.807, 2.05) is 0 Å². The summed E-state index contributed by atoms with van der Waals surface area (Å²) in [5.74, 6) is 0. The van der Waals surface area contributed by atoms with Crippen LogP contribution in [0.1, 0.15) is 6.92 Å². The first-order chi connectivity index (χ1) is 5.61. The van der Waals surface area contributed by atoms with Crippen molar-refractivity contribution < 1.29 is 13.2 Å². The van der Waals surface area contributed by atoms with Gasteiger partial charge in [0.05, 0.1) is 12.7 Å². The summed E-state index contributed by atoms with van der Waals surface area (Å²) in [6.45, 7) is 3.04. The van der Waals surface area contributed by atoms with Gasteiger partial charge in [-0.15, -0.1) is 0 Å². The summed E-state index contributed by atoms with van der Waals surface area (Å²) in [6.07, 6.45) is 0.583. The van der Waals surface area contributed by atoms with Crippen molar-refractivity contribution in [3.05, 3.63) is 0 Å². The lowest BCUT2D eigenvalue weighted by Crippen LogP contribution is -1.87. The Morgan fingerprint density at radius 1 is 1.50 bits per heavy atom. The Labute approximate surface area is 71.3 Å². The fraction of sp³-hybridized carbons (Fsp3) is 0.500. The molecule has 1 aliphatic heterocycles. The molecule has 0 aromatic heterocycles. The van der Waals surface area contributed by atoms with Crippen LogP contribution in [0.2, 0.25) is 0 Å². The maximum absolute atomic E-state index is 9.68. The fourth-order valence-electron chi connectivity index (χ4n) is 0.196. The second-order valence-electron chi connectivity index (χ2n) is 1.93. The highest BCUT2D eigenvalue weighted by Gasteiger charge is 2.13. The Balaban J connectivity index is 0.000000247. The van der Waals surface area contributed by atoms with Gasteiger partial charge in [-0.1, -0.05) is 0 Å². The van der Waals surface area contributed by atoms with Gasteiger partial charge in [0.2, 0.25) is 15.2 Å². The second-order valence-corrected chi connectivity index (χ2v) is 2.81. The third-order valence-corrected chi connectivity index (χ3v) is 1.39. The summed E-state index contributed by atoms with van der Waals surface area (Å²) >= 11 is 0. The first-order valence-electron chi connectivity index (χ1n) is 2.99. The van der Waals surface area contributed by atoms with Crippen LogP contribution in [0.25, 0.3) is 0 Å². The number of nitriles is 2. The smallest absolute Gasteiger partial charge is 0.248 e. The highest BCUT2D eigenvalue weighted by molar-refractivity contribution is 7.74. The maximum atomic E-state index is 9.68. The van der Waals surface area contributed by atoms with E-state index in [0.717, 1.165) is 6.61 Å². The van der Waals surface area contributed by atoms with Crippen LogP contribution in [0.4, 0.5) is 0 Å². The van der Waals surface area contributed by atoms with Gasteiger partial charge in [-0.3, -0.25) is 0 Å². The molecule has 0 aliphatic carbocycles. The molecule has 12 heavy (non-hydrogen) atoms. The first kappa shape index (κ1) is 10.6. The van der Waals surface area contributed by atoms with Crippen LogP contribution in [0.15, 0.2) is 0 Å². The molecule has 5 nitrogen and oxygen atoms in total. The van der Waals surface area contributed by atoms with Crippen molar-refractivity contribution in [2.24, 2.45) is 0 Å². The molecular weight excluding hydrogens is 180 g/mol. The maximum Gasteiger partial charge on any atom is 0.248 e. The van der Waals surface area contributed by atoms with Gasteiger partial charge in [-0.05, 0) is 6.92 Å². The normalized spacial score (nSPS) is 17.4. The number of nitrogens with zero attached hydrogens (tertiary/aromatic N) is 2. The Morgan fingerprint density at radius 3 is 1.83 bits per heavy atom. The Bertz CT molecular complexity index is 329. The lowest BCUT2D eigenvalue weighted by Gasteiger charge is -1.57. The summed E-state index contributed by atoms with van der Waals surface area (Å²) < 4.78 is 24.1. The van der Waals surface area contributed by atoms with Crippen molar-refractivity contribution in [3.63, 3.8) is 0 Å². The molecule has 1 unspecified atom stereocenters. The summed E-state index contributed by atoms with van der Waals surface area (Å²) in [6, 6.07) is 2.39. The molecule has 1 saturated heterocycles. The van der Waals surface area contributed by atoms with E-state index >= 15 is 0 Å². The zero-order valence-corrected chi connectivity index (χ0v) is 7.13. The van der Waals surface area contributed by atoms with E-state index in [-0.39, 0.29) is 0 Å². The number of hydrogen-bond donors (Lipinski definition) is 0. The molecule has 0 saturated carbocycles. The summed E-state index contributed by atoms with van der Waals surface area (Å²) in [5, 5.41) is 15.6. The van der Waals surface area contributed by atoms with Crippen molar-refractivity contribution in [3.8, 4) is 12.1 Å². The molecule has 1 atom stereocenters. The van der Waals surface area contributed by atoms with Crippen LogP contribution >= 0.6 is 0 Å². The number of rotatable bonds is 0. The van der Waals surface area contributed by atoms with E-state index in [9.17, 15) is 8.42 Å². The van der Waals surface area contributed by atoms with E-state index in [1.165, 1.54) is 12.1 Å².